The molecule has 0 amide bonds. The minimum absolute atomic E-state index is 0.183. The lowest BCUT2D eigenvalue weighted by atomic mass is 10.4. The normalized spacial score (nSPS) is 10.1. The molecule has 0 aliphatic carbocycles. The Morgan fingerprint density at radius 1 is 1.08 bits per heavy atom. The summed E-state index contributed by atoms with van der Waals surface area (Å²) in [4.78, 5) is 0.183. The Kier molecular flexibility index (Phi) is 5.34. The maximum atomic E-state index is 11.0. The van der Waals surface area contributed by atoms with Crippen molar-refractivity contribution in [2.45, 2.75) is 18.7 Å². The van der Waals surface area contributed by atoms with E-state index in [1.807, 2.05) is 13.8 Å². The highest BCUT2D eigenvalue weighted by Gasteiger charge is 2.10. The number of rotatable bonds is 2. The van der Waals surface area contributed by atoms with Crippen LogP contribution in [-0.2, 0) is 14.3 Å². The molecule has 1 aromatic carbocycles. The SMILES string of the molecule is CC.COS(=O)(=O)c1ccccc1. The van der Waals surface area contributed by atoms with E-state index in [1.54, 1.807) is 18.2 Å². The summed E-state index contributed by atoms with van der Waals surface area (Å²) in [6.07, 6.45) is 0. The van der Waals surface area contributed by atoms with E-state index in [4.69, 9.17) is 0 Å². The van der Waals surface area contributed by atoms with Gasteiger partial charge in [-0.1, -0.05) is 32.0 Å². The van der Waals surface area contributed by atoms with Gasteiger partial charge in [-0.05, 0) is 12.1 Å². The highest BCUT2D eigenvalue weighted by molar-refractivity contribution is 7.86. The predicted molar refractivity (Wildman–Crippen MR) is 52.0 cm³/mol. The van der Waals surface area contributed by atoms with Gasteiger partial charge in [0.2, 0.25) is 0 Å². The standard InChI is InChI=1S/C7H8O3S.C2H6/c1-10-11(8,9)7-5-3-2-4-6-7;1-2/h2-6H,1H3;1-2H3. The van der Waals surface area contributed by atoms with Gasteiger partial charge < -0.3 is 0 Å². The summed E-state index contributed by atoms with van der Waals surface area (Å²) in [5, 5.41) is 0. The smallest absolute Gasteiger partial charge is 0.270 e. The molecule has 0 radical (unpaired) electrons. The molecule has 0 aromatic heterocycles. The lowest BCUT2D eigenvalue weighted by Gasteiger charge is -1.98. The first-order valence-corrected chi connectivity index (χ1v) is 5.43. The molecule has 0 bridgehead atoms. The summed E-state index contributed by atoms with van der Waals surface area (Å²) in [5.41, 5.74) is 0. The topological polar surface area (TPSA) is 43.4 Å². The van der Waals surface area contributed by atoms with Crippen molar-refractivity contribution in [3.63, 3.8) is 0 Å². The first kappa shape index (κ1) is 12.1. The molecular weight excluding hydrogens is 188 g/mol. The molecule has 3 nitrogen and oxygen atoms in total. The Labute approximate surface area is 79.5 Å². The molecule has 0 N–H and O–H groups in total. The van der Waals surface area contributed by atoms with Gasteiger partial charge >= 0.3 is 0 Å². The number of hydrogen-bond acceptors (Lipinski definition) is 3. The molecule has 0 atom stereocenters. The van der Waals surface area contributed by atoms with Crippen molar-refractivity contribution in [3.8, 4) is 0 Å². The summed E-state index contributed by atoms with van der Waals surface area (Å²) in [6.45, 7) is 4.00. The van der Waals surface area contributed by atoms with Gasteiger partial charge in [-0.3, -0.25) is 4.18 Å². The largest absolute Gasteiger partial charge is 0.296 e. The van der Waals surface area contributed by atoms with Crippen LogP contribution in [0.5, 0.6) is 0 Å². The second-order valence-electron chi connectivity index (χ2n) is 1.93. The van der Waals surface area contributed by atoms with E-state index in [-0.39, 0.29) is 4.90 Å². The molecule has 1 rings (SSSR count). The maximum absolute atomic E-state index is 11.0. The van der Waals surface area contributed by atoms with Crippen LogP contribution in [0.25, 0.3) is 0 Å². The predicted octanol–water partition coefficient (Wildman–Crippen LogP) is 2.05. The van der Waals surface area contributed by atoms with Gasteiger partial charge in [0.1, 0.15) is 0 Å². The lowest BCUT2D eigenvalue weighted by Crippen LogP contribution is -2.01. The highest BCUT2D eigenvalue weighted by Crippen LogP contribution is 2.09. The van der Waals surface area contributed by atoms with Crippen LogP contribution < -0.4 is 0 Å². The van der Waals surface area contributed by atoms with Gasteiger partial charge in [0.15, 0.2) is 0 Å². The fourth-order valence-corrected chi connectivity index (χ4v) is 1.37. The average molecular weight is 202 g/mol. The summed E-state index contributed by atoms with van der Waals surface area (Å²) in [5.74, 6) is 0. The molecular formula is C9H14O3S. The summed E-state index contributed by atoms with van der Waals surface area (Å²) < 4.78 is 26.3. The minimum atomic E-state index is -3.50. The van der Waals surface area contributed by atoms with Gasteiger partial charge in [-0.15, -0.1) is 0 Å². The number of benzene rings is 1. The van der Waals surface area contributed by atoms with Crippen LogP contribution >= 0.6 is 0 Å². The third-order valence-corrected chi connectivity index (χ3v) is 2.54. The van der Waals surface area contributed by atoms with E-state index in [0.717, 1.165) is 7.11 Å². The zero-order valence-corrected chi connectivity index (χ0v) is 8.84. The van der Waals surface area contributed by atoms with E-state index in [9.17, 15) is 8.42 Å². The van der Waals surface area contributed by atoms with Crippen molar-refractivity contribution in [3.05, 3.63) is 30.3 Å². The molecule has 4 heteroatoms. The monoisotopic (exact) mass is 202 g/mol. The molecule has 13 heavy (non-hydrogen) atoms. The van der Waals surface area contributed by atoms with Crippen LogP contribution in [0.1, 0.15) is 13.8 Å². The summed E-state index contributed by atoms with van der Waals surface area (Å²) in [7, 11) is -2.36. The van der Waals surface area contributed by atoms with Gasteiger partial charge in [0, 0.05) is 0 Å². The van der Waals surface area contributed by atoms with Crippen LogP contribution in [0.15, 0.2) is 35.2 Å². The first-order valence-electron chi connectivity index (χ1n) is 4.02. The Hall–Kier alpha value is -0.870. The van der Waals surface area contributed by atoms with E-state index >= 15 is 0 Å². The Balaban J connectivity index is 0.000000671. The van der Waals surface area contributed by atoms with E-state index in [2.05, 4.69) is 4.18 Å². The van der Waals surface area contributed by atoms with Crippen molar-refractivity contribution >= 4 is 10.1 Å². The Morgan fingerprint density at radius 3 is 1.92 bits per heavy atom. The van der Waals surface area contributed by atoms with E-state index in [0.29, 0.717) is 0 Å². The van der Waals surface area contributed by atoms with Crippen molar-refractivity contribution in [1.82, 2.24) is 0 Å². The molecule has 0 saturated heterocycles. The fraction of sp³-hybridized carbons (Fsp3) is 0.333. The van der Waals surface area contributed by atoms with E-state index < -0.39 is 10.1 Å². The van der Waals surface area contributed by atoms with Crippen LogP contribution in [0.2, 0.25) is 0 Å². The lowest BCUT2D eigenvalue weighted by molar-refractivity contribution is 0.398. The van der Waals surface area contributed by atoms with Crippen LogP contribution in [0.4, 0.5) is 0 Å². The van der Waals surface area contributed by atoms with Crippen LogP contribution in [-0.4, -0.2) is 15.5 Å². The molecule has 0 saturated carbocycles. The zero-order chi connectivity index (χ0) is 10.3. The Bertz CT molecular complexity index is 316. The minimum Gasteiger partial charge on any atom is -0.270 e. The molecule has 0 spiro atoms. The maximum Gasteiger partial charge on any atom is 0.296 e. The zero-order valence-electron chi connectivity index (χ0n) is 8.02. The quantitative estimate of drug-likeness (QED) is 0.689. The van der Waals surface area contributed by atoms with Crippen LogP contribution in [0.3, 0.4) is 0 Å². The van der Waals surface area contributed by atoms with Gasteiger partial charge in [0.25, 0.3) is 10.1 Å². The molecule has 0 unspecified atom stereocenters. The third-order valence-electron chi connectivity index (χ3n) is 1.25. The Morgan fingerprint density at radius 2 is 1.54 bits per heavy atom. The number of hydrogen-bond donors (Lipinski definition) is 0. The van der Waals surface area contributed by atoms with Gasteiger partial charge in [0.05, 0.1) is 12.0 Å². The molecule has 0 heterocycles. The van der Waals surface area contributed by atoms with Crippen molar-refractivity contribution in [1.29, 1.82) is 0 Å². The van der Waals surface area contributed by atoms with Gasteiger partial charge in [-0.25, -0.2) is 0 Å². The van der Waals surface area contributed by atoms with E-state index in [1.165, 1.54) is 12.1 Å². The summed E-state index contributed by atoms with van der Waals surface area (Å²) >= 11 is 0. The van der Waals surface area contributed by atoms with Crippen molar-refractivity contribution in [2.75, 3.05) is 7.11 Å². The average Bonchev–Trinajstić information content (AvgIpc) is 2.22. The second-order valence-corrected chi connectivity index (χ2v) is 3.65. The first-order chi connectivity index (χ1) is 6.17. The van der Waals surface area contributed by atoms with Gasteiger partial charge in [-0.2, -0.15) is 8.42 Å². The molecule has 1 aromatic rings. The van der Waals surface area contributed by atoms with Crippen molar-refractivity contribution < 1.29 is 12.6 Å². The van der Waals surface area contributed by atoms with Crippen molar-refractivity contribution in [2.24, 2.45) is 0 Å². The summed E-state index contributed by atoms with van der Waals surface area (Å²) in [6, 6.07) is 8.00. The third kappa shape index (κ3) is 3.57. The molecule has 74 valence electrons. The van der Waals surface area contributed by atoms with Crippen LogP contribution in [0, 0.1) is 0 Å². The highest BCUT2D eigenvalue weighted by atomic mass is 32.2. The fourth-order valence-electron chi connectivity index (χ4n) is 0.683. The molecule has 0 aliphatic rings. The molecule has 0 aliphatic heterocycles. The second kappa shape index (κ2) is 5.72. The molecule has 0 fully saturated rings.